The summed E-state index contributed by atoms with van der Waals surface area (Å²) in [5.41, 5.74) is 7.35. The number of benzene rings is 1. The van der Waals surface area contributed by atoms with Crippen molar-refractivity contribution >= 4 is 33.3 Å². The normalized spacial score (nSPS) is 18.1. The van der Waals surface area contributed by atoms with Crippen molar-refractivity contribution in [3.63, 3.8) is 0 Å². The molecule has 0 spiro atoms. The molecule has 31 heavy (non-hydrogen) atoms. The summed E-state index contributed by atoms with van der Waals surface area (Å²) in [5.74, 6) is 0.756. The standard InChI is InChI=1S/C23H26N8/c1-30-10-12-31(13-11-30)19-6-9-25-22-21(19)26-23(27-22)20-17-14-16(2-3-18(17)28-29-20)15-4-7-24-8-5-15/h2-4,6,9,14,24H,5,7-8,10-13H2,1H3,(H,28,29)(H,25,26,27). The number of nitrogens with zero attached hydrogens (tertiary/aromatic N) is 5. The van der Waals surface area contributed by atoms with Crippen LogP contribution in [0.1, 0.15) is 12.0 Å². The summed E-state index contributed by atoms with van der Waals surface area (Å²) >= 11 is 0. The molecular formula is C23H26N8. The minimum atomic E-state index is 0.756. The molecule has 1 fully saturated rings. The fourth-order valence-electron chi connectivity index (χ4n) is 4.59. The van der Waals surface area contributed by atoms with Crippen molar-refractivity contribution in [1.82, 2.24) is 35.4 Å². The first-order chi connectivity index (χ1) is 15.3. The molecule has 3 N–H and O–H groups in total. The molecule has 0 unspecified atom stereocenters. The Balaban J connectivity index is 1.42. The molecule has 2 aliphatic heterocycles. The van der Waals surface area contributed by atoms with Crippen LogP contribution in [0, 0.1) is 0 Å². The SMILES string of the molecule is CN1CCN(c2ccnc3[nH]c(-c4n[nH]c5ccc(C6=CCNCC6)cc45)nc23)CC1. The van der Waals surface area contributed by atoms with Crippen molar-refractivity contribution in [3.8, 4) is 11.5 Å². The van der Waals surface area contributed by atoms with E-state index in [1.165, 1.54) is 11.1 Å². The van der Waals surface area contributed by atoms with Crippen LogP contribution in [-0.4, -0.2) is 76.4 Å². The van der Waals surface area contributed by atoms with Crippen LogP contribution in [0.25, 0.3) is 39.2 Å². The first-order valence-corrected chi connectivity index (χ1v) is 10.9. The molecule has 0 amide bonds. The Labute approximate surface area is 180 Å². The number of pyridine rings is 1. The average molecular weight is 415 g/mol. The van der Waals surface area contributed by atoms with Gasteiger partial charge in [0.25, 0.3) is 0 Å². The molecule has 1 saturated heterocycles. The molecule has 5 heterocycles. The number of piperazine rings is 1. The lowest BCUT2D eigenvalue weighted by molar-refractivity contribution is 0.313. The van der Waals surface area contributed by atoms with Gasteiger partial charge in [-0.3, -0.25) is 5.10 Å². The van der Waals surface area contributed by atoms with E-state index < -0.39 is 0 Å². The quantitative estimate of drug-likeness (QED) is 0.478. The van der Waals surface area contributed by atoms with Crippen molar-refractivity contribution in [3.05, 3.63) is 42.1 Å². The predicted molar refractivity (Wildman–Crippen MR) is 124 cm³/mol. The van der Waals surface area contributed by atoms with Crippen molar-refractivity contribution in [2.45, 2.75) is 6.42 Å². The Morgan fingerprint density at radius 2 is 1.97 bits per heavy atom. The van der Waals surface area contributed by atoms with Gasteiger partial charge in [0.1, 0.15) is 11.2 Å². The van der Waals surface area contributed by atoms with E-state index in [2.05, 4.69) is 72.7 Å². The Kier molecular flexibility index (Phi) is 4.47. The highest BCUT2D eigenvalue weighted by Gasteiger charge is 2.20. The van der Waals surface area contributed by atoms with Crippen LogP contribution in [-0.2, 0) is 0 Å². The monoisotopic (exact) mass is 414 g/mol. The topological polar surface area (TPSA) is 88.8 Å². The highest BCUT2D eigenvalue weighted by molar-refractivity contribution is 5.96. The summed E-state index contributed by atoms with van der Waals surface area (Å²) in [7, 11) is 2.17. The van der Waals surface area contributed by atoms with E-state index in [1.54, 1.807) is 0 Å². The lowest BCUT2D eigenvalue weighted by Gasteiger charge is -2.33. The summed E-state index contributed by atoms with van der Waals surface area (Å²) in [4.78, 5) is 17.7. The molecule has 2 aliphatic rings. The van der Waals surface area contributed by atoms with Crippen LogP contribution < -0.4 is 10.2 Å². The molecule has 0 aliphatic carbocycles. The number of nitrogens with one attached hydrogen (secondary N) is 3. The third-order valence-electron chi connectivity index (χ3n) is 6.43. The fourth-order valence-corrected chi connectivity index (χ4v) is 4.59. The highest BCUT2D eigenvalue weighted by atomic mass is 15.3. The fraction of sp³-hybridized carbons (Fsp3) is 0.348. The minimum absolute atomic E-state index is 0.756. The zero-order valence-corrected chi connectivity index (χ0v) is 17.6. The van der Waals surface area contributed by atoms with Crippen molar-refractivity contribution in [2.75, 3.05) is 51.2 Å². The predicted octanol–water partition coefficient (Wildman–Crippen LogP) is 2.63. The first-order valence-electron chi connectivity index (χ1n) is 10.9. The lowest BCUT2D eigenvalue weighted by atomic mass is 9.98. The van der Waals surface area contributed by atoms with Gasteiger partial charge >= 0.3 is 0 Å². The first kappa shape index (κ1) is 18.5. The van der Waals surface area contributed by atoms with Crippen LogP contribution >= 0.6 is 0 Å². The smallest absolute Gasteiger partial charge is 0.161 e. The molecule has 0 saturated carbocycles. The van der Waals surface area contributed by atoms with Crippen LogP contribution in [0.3, 0.4) is 0 Å². The van der Waals surface area contributed by atoms with Gasteiger partial charge in [-0.2, -0.15) is 5.10 Å². The molecule has 0 radical (unpaired) electrons. The second kappa shape index (κ2) is 7.47. The molecule has 4 aromatic rings. The molecular weight excluding hydrogens is 388 g/mol. The van der Waals surface area contributed by atoms with Gasteiger partial charge in [-0.15, -0.1) is 0 Å². The number of H-pyrrole nitrogens is 2. The van der Waals surface area contributed by atoms with Crippen molar-refractivity contribution < 1.29 is 0 Å². The molecule has 8 heteroatoms. The number of fused-ring (bicyclic) bond motifs is 2. The maximum absolute atomic E-state index is 4.96. The molecule has 6 rings (SSSR count). The third-order valence-corrected chi connectivity index (χ3v) is 6.43. The van der Waals surface area contributed by atoms with Gasteiger partial charge in [0.15, 0.2) is 11.5 Å². The van der Waals surface area contributed by atoms with E-state index in [9.17, 15) is 0 Å². The van der Waals surface area contributed by atoms with Crippen LogP contribution in [0.15, 0.2) is 36.5 Å². The van der Waals surface area contributed by atoms with Crippen molar-refractivity contribution in [1.29, 1.82) is 0 Å². The number of imidazole rings is 1. The van der Waals surface area contributed by atoms with Gasteiger partial charge in [0.05, 0.1) is 11.2 Å². The summed E-state index contributed by atoms with van der Waals surface area (Å²) in [5, 5.41) is 12.2. The Hall–Kier alpha value is -3.23. The Morgan fingerprint density at radius 1 is 1.06 bits per heavy atom. The summed E-state index contributed by atoms with van der Waals surface area (Å²) in [6.07, 6.45) is 5.18. The molecule has 1 aromatic carbocycles. The van der Waals surface area contributed by atoms with Gasteiger partial charge in [-0.05, 0) is 49.3 Å². The zero-order valence-electron chi connectivity index (χ0n) is 17.6. The van der Waals surface area contributed by atoms with Gasteiger partial charge in [-0.25, -0.2) is 9.97 Å². The van der Waals surface area contributed by atoms with Gasteiger partial charge < -0.3 is 20.1 Å². The summed E-state index contributed by atoms with van der Waals surface area (Å²) in [6, 6.07) is 8.59. The molecule has 3 aromatic heterocycles. The number of likely N-dealkylation sites (N-methyl/N-ethyl adjacent to an activating group) is 1. The second-order valence-corrected chi connectivity index (χ2v) is 8.42. The number of rotatable bonds is 3. The Morgan fingerprint density at radius 3 is 2.81 bits per heavy atom. The van der Waals surface area contributed by atoms with Crippen molar-refractivity contribution in [2.24, 2.45) is 0 Å². The van der Waals surface area contributed by atoms with E-state index in [0.717, 1.165) is 85.0 Å². The molecule has 0 atom stereocenters. The summed E-state index contributed by atoms with van der Waals surface area (Å²) < 4.78 is 0. The van der Waals surface area contributed by atoms with E-state index in [1.807, 2.05) is 6.20 Å². The van der Waals surface area contributed by atoms with Crippen LogP contribution in [0.2, 0.25) is 0 Å². The van der Waals surface area contributed by atoms with E-state index in [0.29, 0.717) is 0 Å². The second-order valence-electron chi connectivity index (χ2n) is 8.42. The van der Waals surface area contributed by atoms with E-state index in [-0.39, 0.29) is 0 Å². The average Bonchev–Trinajstić information content (AvgIpc) is 3.43. The van der Waals surface area contributed by atoms with E-state index >= 15 is 0 Å². The Bertz CT molecular complexity index is 1280. The van der Waals surface area contributed by atoms with E-state index in [4.69, 9.17) is 4.98 Å². The molecule has 8 nitrogen and oxygen atoms in total. The number of hydrogen-bond acceptors (Lipinski definition) is 6. The van der Waals surface area contributed by atoms with Gasteiger partial charge in [0, 0.05) is 44.3 Å². The molecule has 158 valence electrons. The third kappa shape index (κ3) is 3.28. The minimum Gasteiger partial charge on any atom is -0.367 e. The van der Waals surface area contributed by atoms with Crippen LogP contribution in [0.5, 0.6) is 0 Å². The largest absolute Gasteiger partial charge is 0.367 e. The number of aromatic nitrogens is 5. The summed E-state index contributed by atoms with van der Waals surface area (Å²) in [6.45, 7) is 6.05. The maximum Gasteiger partial charge on any atom is 0.161 e. The molecule has 0 bridgehead atoms. The lowest BCUT2D eigenvalue weighted by Crippen LogP contribution is -2.44. The van der Waals surface area contributed by atoms with Gasteiger partial charge in [-0.1, -0.05) is 12.1 Å². The van der Waals surface area contributed by atoms with Gasteiger partial charge in [0.2, 0.25) is 0 Å². The number of aromatic amines is 2. The number of hydrogen-bond donors (Lipinski definition) is 3. The number of anilines is 1. The zero-order chi connectivity index (χ0) is 20.8. The highest BCUT2D eigenvalue weighted by Crippen LogP contribution is 2.32. The maximum atomic E-state index is 4.96. The van der Waals surface area contributed by atoms with Crippen LogP contribution in [0.4, 0.5) is 5.69 Å².